The van der Waals surface area contributed by atoms with Gasteiger partial charge in [0.15, 0.2) is 0 Å². The second-order valence-corrected chi connectivity index (χ2v) is 5.60. The van der Waals surface area contributed by atoms with E-state index in [2.05, 4.69) is 34.3 Å². The molecule has 0 amide bonds. The molecule has 1 aromatic heterocycles. The Morgan fingerprint density at radius 1 is 1.50 bits per heavy atom. The molecule has 102 valence electrons. The van der Waals surface area contributed by atoms with Crippen LogP contribution >= 0.6 is 11.8 Å². The first kappa shape index (κ1) is 14.9. The van der Waals surface area contributed by atoms with Crippen LogP contribution < -0.4 is 0 Å². The SMILES string of the molecule is CC(C)C(CN(C)C)n1nnnc1SCC(=O)O. The molecule has 0 bridgehead atoms. The number of carbonyl (C=O) groups is 1. The van der Waals surface area contributed by atoms with Crippen molar-refractivity contribution >= 4 is 17.7 Å². The van der Waals surface area contributed by atoms with Gasteiger partial charge in [0.05, 0.1) is 11.8 Å². The topological polar surface area (TPSA) is 84.1 Å². The Morgan fingerprint density at radius 2 is 2.17 bits per heavy atom. The number of carboxylic acid groups (broad SMARTS) is 1. The van der Waals surface area contributed by atoms with Crippen LogP contribution in [0.2, 0.25) is 0 Å². The van der Waals surface area contributed by atoms with E-state index >= 15 is 0 Å². The quantitative estimate of drug-likeness (QED) is 0.728. The zero-order valence-electron chi connectivity index (χ0n) is 11.1. The third-order valence-electron chi connectivity index (χ3n) is 2.42. The van der Waals surface area contributed by atoms with Gasteiger partial charge in [-0.05, 0) is 30.4 Å². The van der Waals surface area contributed by atoms with Crippen LogP contribution in [0.1, 0.15) is 19.9 Å². The number of aliphatic carboxylic acids is 1. The summed E-state index contributed by atoms with van der Waals surface area (Å²) in [6, 6.07) is 0.131. The van der Waals surface area contributed by atoms with Crippen molar-refractivity contribution in [2.75, 3.05) is 26.4 Å². The van der Waals surface area contributed by atoms with Crippen LogP contribution in [0.5, 0.6) is 0 Å². The van der Waals surface area contributed by atoms with Gasteiger partial charge >= 0.3 is 5.97 Å². The monoisotopic (exact) mass is 273 g/mol. The summed E-state index contributed by atoms with van der Waals surface area (Å²) < 4.78 is 1.72. The molecule has 0 aliphatic heterocycles. The second kappa shape index (κ2) is 6.69. The number of nitrogens with zero attached hydrogens (tertiary/aromatic N) is 5. The van der Waals surface area contributed by atoms with Gasteiger partial charge in [-0.15, -0.1) is 5.10 Å². The number of carboxylic acids is 1. The first-order valence-corrected chi connectivity index (χ1v) is 6.67. The Bertz CT molecular complexity index is 393. The average molecular weight is 273 g/mol. The van der Waals surface area contributed by atoms with Crippen molar-refractivity contribution in [1.29, 1.82) is 0 Å². The van der Waals surface area contributed by atoms with Crippen molar-refractivity contribution in [2.45, 2.75) is 25.0 Å². The maximum Gasteiger partial charge on any atom is 0.313 e. The van der Waals surface area contributed by atoms with Gasteiger partial charge in [0.1, 0.15) is 0 Å². The number of hydrogen-bond donors (Lipinski definition) is 1. The van der Waals surface area contributed by atoms with E-state index in [1.807, 2.05) is 14.1 Å². The standard InChI is InChI=1S/C10H19N5O2S/c1-7(2)8(5-14(3)4)15-10(11-12-13-15)18-6-9(16)17/h7-8H,5-6H2,1-4H3,(H,16,17). The van der Waals surface area contributed by atoms with Gasteiger partial charge in [-0.25, -0.2) is 4.68 Å². The van der Waals surface area contributed by atoms with E-state index in [-0.39, 0.29) is 11.8 Å². The predicted molar refractivity (Wildman–Crippen MR) is 68.6 cm³/mol. The summed E-state index contributed by atoms with van der Waals surface area (Å²) in [6.07, 6.45) is 0. The average Bonchev–Trinajstić information content (AvgIpc) is 2.70. The normalized spacial score (nSPS) is 13.2. The van der Waals surface area contributed by atoms with Gasteiger partial charge in [-0.2, -0.15) is 0 Å². The lowest BCUT2D eigenvalue weighted by molar-refractivity contribution is -0.133. The molecule has 0 fully saturated rings. The molecule has 1 unspecified atom stereocenters. The first-order valence-electron chi connectivity index (χ1n) is 5.69. The Labute approximate surface area is 111 Å². The number of hydrogen-bond acceptors (Lipinski definition) is 6. The molecule has 0 radical (unpaired) electrons. The zero-order valence-corrected chi connectivity index (χ0v) is 11.9. The van der Waals surface area contributed by atoms with E-state index in [4.69, 9.17) is 5.11 Å². The highest BCUT2D eigenvalue weighted by Gasteiger charge is 2.22. The van der Waals surface area contributed by atoms with Crippen LogP contribution in [0.4, 0.5) is 0 Å². The maximum absolute atomic E-state index is 10.6. The molecular formula is C10H19N5O2S. The van der Waals surface area contributed by atoms with Crippen molar-refractivity contribution < 1.29 is 9.90 Å². The van der Waals surface area contributed by atoms with Crippen molar-refractivity contribution in [1.82, 2.24) is 25.1 Å². The molecule has 0 aromatic carbocycles. The summed E-state index contributed by atoms with van der Waals surface area (Å²) >= 11 is 1.14. The zero-order chi connectivity index (χ0) is 13.7. The third-order valence-corrected chi connectivity index (χ3v) is 3.34. The highest BCUT2D eigenvalue weighted by atomic mass is 32.2. The van der Waals surface area contributed by atoms with Crippen LogP contribution in [0.3, 0.4) is 0 Å². The Balaban J connectivity index is 2.84. The molecule has 7 nitrogen and oxygen atoms in total. The van der Waals surface area contributed by atoms with Gasteiger partial charge in [-0.1, -0.05) is 25.6 Å². The molecule has 1 N–H and O–H groups in total. The van der Waals surface area contributed by atoms with Crippen LogP contribution in [-0.2, 0) is 4.79 Å². The Hall–Kier alpha value is -1.15. The summed E-state index contributed by atoms with van der Waals surface area (Å²) in [5, 5.41) is 20.8. The third kappa shape index (κ3) is 4.26. The Kier molecular flexibility index (Phi) is 5.54. The van der Waals surface area contributed by atoms with E-state index in [1.165, 1.54) is 0 Å². The van der Waals surface area contributed by atoms with Gasteiger partial charge in [0, 0.05) is 6.54 Å². The molecule has 18 heavy (non-hydrogen) atoms. The van der Waals surface area contributed by atoms with E-state index in [0.29, 0.717) is 11.1 Å². The minimum atomic E-state index is -0.872. The summed E-state index contributed by atoms with van der Waals surface area (Å²) in [5.41, 5.74) is 0. The van der Waals surface area contributed by atoms with Crippen molar-refractivity contribution in [3.8, 4) is 0 Å². The number of aromatic nitrogens is 4. The fourth-order valence-electron chi connectivity index (χ4n) is 1.56. The van der Waals surface area contributed by atoms with Crippen LogP contribution in [0.25, 0.3) is 0 Å². The fourth-order valence-corrected chi connectivity index (χ4v) is 2.21. The molecule has 1 atom stereocenters. The minimum absolute atomic E-state index is 0.0346. The van der Waals surface area contributed by atoms with Crippen molar-refractivity contribution in [3.05, 3.63) is 0 Å². The molecule has 0 aliphatic rings. The molecular weight excluding hydrogens is 254 g/mol. The minimum Gasteiger partial charge on any atom is -0.481 e. The highest BCUT2D eigenvalue weighted by Crippen LogP contribution is 2.23. The largest absolute Gasteiger partial charge is 0.481 e. The first-order chi connectivity index (χ1) is 8.41. The summed E-state index contributed by atoms with van der Waals surface area (Å²) in [4.78, 5) is 12.6. The molecule has 8 heteroatoms. The van der Waals surface area contributed by atoms with Crippen LogP contribution in [0.15, 0.2) is 5.16 Å². The molecule has 0 saturated carbocycles. The van der Waals surface area contributed by atoms with Crippen LogP contribution in [0, 0.1) is 5.92 Å². The van der Waals surface area contributed by atoms with Gasteiger partial charge in [0.2, 0.25) is 5.16 Å². The summed E-state index contributed by atoms with van der Waals surface area (Å²) in [7, 11) is 3.98. The lowest BCUT2D eigenvalue weighted by Gasteiger charge is -2.24. The van der Waals surface area contributed by atoms with E-state index in [0.717, 1.165) is 18.3 Å². The van der Waals surface area contributed by atoms with E-state index in [9.17, 15) is 4.79 Å². The molecule has 0 saturated heterocycles. The van der Waals surface area contributed by atoms with Crippen molar-refractivity contribution in [2.24, 2.45) is 5.92 Å². The molecule has 1 rings (SSSR count). The van der Waals surface area contributed by atoms with E-state index < -0.39 is 5.97 Å². The molecule has 1 heterocycles. The smallest absolute Gasteiger partial charge is 0.313 e. The van der Waals surface area contributed by atoms with Gasteiger partial charge in [0.25, 0.3) is 0 Å². The number of tetrazole rings is 1. The lowest BCUT2D eigenvalue weighted by Crippen LogP contribution is -2.29. The molecule has 0 aliphatic carbocycles. The second-order valence-electron chi connectivity index (χ2n) is 4.66. The van der Waals surface area contributed by atoms with Gasteiger partial charge < -0.3 is 10.0 Å². The maximum atomic E-state index is 10.6. The summed E-state index contributed by atoms with van der Waals surface area (Å²) in [6.45, 7) is 5.01. The summed E-state index contributed by atoms with van der Waals surface area (Å²) in [5.74, 6) is -0.545. The lowest BCUT2D eigenvalue weighted by atomic mass is 10.0. The molecule has 1 aromatic rings. The van der Waals surface area contributed by atoms with Gasteiger partial charge in [-0.3, -0.25) is 4.79 Å². The number of thioether (sulfide) groups is 1. The fraction of sp³-hybridized carbons (Fsp3) is 0.800. The van der Waals surface area contributed by atoms with Crippen molar-refractivity contribution in [3.63, 3.8) is 0 Å². The molecule has 0 spiro atoms. The number of likely N-dealkylation sites (N-methyl/N-ethyl adjacent to an activating group) is 1. The predicted octanol–water partition coefficient (Wildman–Crippen LogP) is 0.608. The van der Waals surface area contributed by atoms with E-state index in [1.54, 1.807) is 4.68 Å². The number of rotatable bonds is 7. The van der Waals surface area contributed by atoms with Crippen LogP contribution in [-0.4, -0.2) is 62.6 Å². The Morgan fingerprint density at radius 3 is 2.67 bits per heavy atom. The highest BCUT2D eigenvalue weighted by molar-refractivity contribution is 7.99.